The second kappa shape index (κ2) is 9.93. The zero-order valence-electron chi connectivity index (χ0n) is 18.6. The number of amides is 1. The number of nitrogens with zero attached hydrogens (tertiary/aromatic N) is 3. The third-order valence-electron chi connectivity index (χ3n) is 5.41. The van der Waals surface area contributed by atoms with Gasteiger partial charge in [0.2, 0.25) is 0 Å². The summed E-state index contributed by atoms with van der Waals surface area (Å²) in [5.41, 5.74) is 2.62. The predicted octanol–water partition coefficient (Wildman–Crippen LogP) is 3.15. The molecule has 2 aromatic carbocycles. The predicted molar refractivity (Wildman–Crippen MR) is 129 cm³/mol. The molecule has 174 valence electrons. The van der Waals surface area contributed by atoms with Crippen LogP contribution in [0.1, 0.15) is 18.9 Å². The number of aromatic nitrogens is 2. The molecule has 34 heavy (non-hydrogen) atoms. The molecule has 8 nitrogen and oxygen atoms in total. The third kappa shape index (κ3) is 5.35. The van der Waals surface area contributed by atoms with Crippen molar-refractivity contribution in [2.24, 2.45) is 0 Å². The molecule has 0 spiro atoms. The van der Waals surface area contributed by atoms with Crippen molar-refractivity contribution in [1.82, 2.24) is 15.1 Å². The SMILES string of the molecule is CCOc1cccc(-c2nn(-c3ccccc3)cc2/C=C(/C#N)C(=O)NC2CCS(=O)(=O)C2)c1. The van der Waals surface area contributed by atoms with Gasteiger partial charge in [-0.3, -0.25) is 4.79 Å². The summed E-state index contributed by atoms with van der Waals surface area (Å²) in [4.78, 5) is 12.8. The Morgan fingerprint density at radius 2 is 2.06 bits per heavy atom. The quantitative estimate of drug-likeness (QED) is 0.414. The Morgan fingerprint density at radius 1 is 1.26 bits per heavy atom. The Bertz CT molecular complexity index is 1370. The van der Waals surface area contributed by atoms with Crippen LogP contribution in [0, 0.1) is 11.3 Å². The number of ether oxygens (including phenoxy) is 1. The number of sulfone groups is 1. The fourth-order valence-electron chi connectivity index (χ4n) is 3.81. The Morgan fingerprint density at radius 3 is 2.74 bits per heavy atom. The number of benzene rings is 2. The van der Waals surface area contributed by atoms with E-state index in [4.69, 9.17) is 9.84 Å². The van der Waals surface area contributed by atoms with Crippen LogP contribution in [0.3, 0.4) is 0 Å². The van der Waals surface area contributed by atoms with Crippen LogP contribution in [0.15, 0.2) is 66.4 Å². The number of hydrogen-bond acceptors (Lipinski definition) is 6. The molecule has 4 rings (SSSR count). The highest BCUT2D eigenvalue weighted by Crippen LogP contribution is 2.28. The third-order valence-corrected chi connectivity index (χ3v) is 7.18. The molecule has 1 N–H and O–H groups in total. The van der Waals surface area contributed by atoms with E-state index < -0.39 is 21.8 Å². The van der Waals surface area contributed by atoms with Crippen LogP contribution in [0.25, 0.3) is 23.0 Å². The summed E-state index contributed by atoms with van der Waals surface area (Å²) >= 11 is 0. The average Bonchev–Trinajstić information content (AvgIpc) is 3.41. The number of carbonyl (C=O) groups excluding carboxylic acids is 1. The average molecular weight is 477 g/mol. The minimum atomic E-state index is -3.15. The van der Waals surface area contributed by atoms with Gasteiger partial charge in [0, 0.05) is 23.4 Å². The van der Waals surface area contributed by atoms with E-state index in [0.717, 1.165) is 11.3 Å². The number of carbonyl (C=O) groups is 1. The Balaban J connectivity index is 1.72. The monoisotopic (exact) mass is 476 g/mol. The molecule has 0 radical (unpaired) electrons. The lowest BCUT2D eigenvalue weighted by molar-refractivity contribution is -0.117. The molecule has 1 unspecified atom stereocenters. The minimum Gasteiger partial charge on any atom is -0.494 e. The Kier molecular flexibility index (Phi) is 6.80. The van der Waals surface area contributed by atoms with Crippen LogP contribution < -0.4 is 10.1 Å². The van der Waals surface area contributed by atoms with E-state index in [1.54, 1.807) is 10.9 Å². The van der Waals surface area contributed by atoms with Gasteiger partial charge in [-0.15, -0.1) is 0 Å². The van der Waals surface area contributed by atoms with Crippen molar-refractivity contribution < 1.29 is 17.9 Å². The van der Waals surface area contributed by atoms with E-state index in [2.05, 4.69) is 5.32 Å². The lowest BCUT2D eigenvalue weighted by atomic mass is 10.1. The molecule has 1 saturated heterocycles. The molecule has 1 fully saturated rings. The molecule has 0 aliphatic carbocycles. The van der Waals surface area contributed by atoms with Gasteiger partial charge in [-0.2, -0.15) is 10.4 Å². The maximum absolute atomic E-state index is 12.8. The standard InChI is InChI=1S/C25H24N4O4S/c1-2-33-23-10-6-7-18(14-23)24-20(16-29(28-24)22-8-4-3-5-9-22)13-19(15-26)25(30)27-21-11-12-34(31,32)17-21/h3-10,13-14,16,21H,2,11-12,17H2,1H3,(H,27,30)/b19-13-. The molecule has 2 heterocycles. The van der Waals surface area contributed by atoms with Crippen LogP contribution in [0.2, 0.25) is 0 Å². The highest BCUT2D eigenvalue weighted by molar-refractivity contribution is 7.91. The number of hydrogen-bond donors (Lipinski definition) is 1. The first-order valence-electron chi connectivity index (χ1n) is 10.9. The number of para-hydroxylation sites is 1. The molecule has 3 aromatic rings. The highest BCUT2D eigenvalue weighted by atomic mass is 32.2. The van der Waals surface area contributed by atoms with E-state index in [-0.39, 0.29) is 17.1 Å². The molecule has 1 aliphatic rings. The van der Waals surface area contributed by atoms with Crippen molar-refractivity contribution in [2.45, 2.75) is 19.4 Å². The van der Waals surface area contributed by atoms with Crippen LogP contribution in [-0.2, 0) is 14.6 Å². The minimum absolute atomic E-state index is 0.0354. The van der Waals surface area contributed by atoms with Crippen molar-refractivity contribution in [2.75, 3.05) is 18.1 Å². The van der Waals surface area contributed by atoms with Gasteiger partial charge in [0.05, 0.1) is 23.8 Å². The molecule has 0 saturated carbocycles. The first kappa shape index (κ1) is 23.3. The van der Waals surface area contributed by atoms with E-state index in [1.807, 2.05) is 67.6 Å². The molecular formula is C25H24N4O4S. The maximum atomic E-state index is 12.8. The van der Waals surface area contributed by atoms with Crippen molar-refractivity contribution in [3.05, 3.63) is 71.9 Å². The summed E-state index contributed by atoms with van der Waals surface area (Å²) in [5, 5.41) is 17.1. The zero-order valence-corrected chi connectivity index (χ0v) is 19.5. The summed E-state index contributed by atoms with van der Waals surface area (Å²) in [7, 11) is -3.15. The molecule has 9 heteroatoms. The van der Waals surface area contributed by atoms with Crippen molar-refractivity contribution in [1.29, 1.82) is 5.26 Å². The van der Waals surface area contributed by atoms with Gasteiger partial charge in [-0.25, -0.2) is 13.1 Å². The molecular weight excluding hydrogens is 452 g/mol. The summed E-state index contributed by atoms with van der Waals surface area (Å²) in [6.07, 6.45) is 3.57. The number of nitrogens with one attached hydrogen (secondary N) is 1. The van der Waals surface area contributed by atoms with E-state index >= 15 is 0 Å². The van der Waals surface area contributed by atoms with Crippen LogP contribution >= 0.6 is 0 Å². The molecule has 1 atom stereocenters. The lowest BCUT2D eigenvalue weighted by Gasteiger charge is -2.10. The normalized spacial score (nSPS) is 17.2. The van der Waals surface area contributed by atoms with Gasteiger partial charge in [0.25, 0.3) is 5.91 Å². The lowest BCUT2D eigenvalue weighted by Crippen LogP contribution is -2.36. The Labute approximate surface area is 198 Å². The summed E-state index contributed by atoms with van der Waals surface area (Å²) in [6.45, 7) is 2.42. The number of rotatable bonds is 7. The van der Waals surface area contributed by atoms with Gasteiger partial charge >= 0.3 is 0 Å². The van der Waals surface area contributed by atoms with Crippen LogP contribution in [0.4, 0.5) is 0 Å². The van der Waals surface area contributed by atoms with Gasteiger partial charge < -0.3 is 10.1 Å². The Hall–Kier alpha value is -3.90. The van der Waals surface area contributed by atoms with Crippen LogP contribution in [-0.4, -0.2) is 48.3 Å². The first-order chi connectivity index (χ1) is 16.4. The molecule has 1 aromatic heterocycles. The van der Waals surface area contributed by atoms with E-state index in [9.17, 15) is 18.5 Å². The smallest absolute Gasteiger partial charge is 0.262 e. The molecule has 1 aliphatic heterocycles. The maximum Gasteiger partial charge on any atom is 0.262 e. The van der Waals surface area contributed by atoms with Gasteiger partial charge in [0.1, 0.15) is 23.1 Å². The first-order valence-corrected chi connectivity index (χ1v) is 12.7. The number of nitriles is 1. The summed E-state index contributed by atoms with van der Waals surface area (Å²) in [6, 6.07) is 18.4. The van der Waals surface area contributed by atoms with Gasteiger partial charge in [-0.1, -0.05) is 30.3 Å². The van der Waals surface area contributed by atoms with Crippen molar-refractivity contribution in [3.63, 3.8) is 0 Å². The largest absolute Gasteiger partial charge is 0.494 e. The second-order valence-corrected chi connectivity index (χ2v) is 10.1. The van der Waals surface area contributed by atoms with E-state index in [0.29, 0.717) is 30.0 Å². The van der Waals surface area contributed by atoms with Crippen molar-refractivity contribution in [3.8, 4) is 28.8 Å². The van der Waals surface area contributed by atoms with Crippen LogP contribution in [0.5, 0.6) is 5.75 Å². The highest BCUT2D eigenvalue weighted by Gasteiger charge is 2.29. The molecule has 1 amide bonds. The molecule has 0 bridgehead atoms. The fourth-order valence-corrected chi connectivity index (χ4v) is 5.48. The van der Waals surface area contributed by atoms with E-state index in [1.165, 1.54) is 6.08 Å². The second-order valence-electron chi connectivity index (χ2n) is 7.92. The zero-order chi connectivity index (χ0) is 24.1. The fraction of sp³-hybridized carbons (Fsp3) is 0.240. The topological polar surface area (TPSA) is 114 Å². The summed E-state index contributed by atoms with van der Waals surface area (Å²) in [5.74, 6) is 0.00278. The van der Waals surface area contributed by atoms with Crippen molar-refractivity contribution >= 4 is 21.8 Å². The summed E-state index contributed by atoms with van der Waals surface area (Å²) < 4.78 is 30.7. The van der Waals surface area contributed by atoms with Gasteiger partial charge in [0.15, 0.2) is 9.84 Å². The van der Waals surface area contributed by atoms with Gasteiger partial charge in [-0.05, 0) is 43.7 Å².